The molecule has 0 spiro atoms. The Labute approximate surface area is 189 Å². The van der Waals surface area contributed by atoms with Gasteiger partial charge < -0.3 is 10.6 Å². The zero-order chi connectivity index (χ0) is 23.8. The van der Waals surface area contributed by atoms with Crippen LogP contribution in [0.2, 0.25) is 5.02 Å². The third kappa shape index (κ3) is 4.22. The summed E-state index contributed by atoms with van der Waals surface area (Å²) in [6.45, 7) is 0. The first kappa shape index (κ1) is 22.2. The van der Waals surface area contributed by atoms with E-state index in [0.717, 1.165) is 0 Å². The molecule has 168 valence electrons. The number of benzene rings is 1. The van der Waals surface area contributed by atoms with Crippen molar-refractivity contribution in [3.05, 3.63) is 76.8 Å². The first-order chi connectivity index (χ1) is 15.7. The molecule has 3 aromatic heterocycles. The van der Waals surface area contributed by atoms with E-state index in [4.69, 9.17) is 11.6 Å². The number of fused-ring (bicyclic) bond motifs is 1. The van der Waals surface area contributed by atoms with Gasteiger partial charge in [-0.15, -0.1) is 0 Å². The Morgan fingerprint density at radius 2 is 1.76 bits per heavy atom. The maximum atomic E-state index is 13.4. The lowest BCUT2D eigenvalue weighted by Crippen LogP contribution is -2.23. The molecule has 12 heteroatoms. The maximum absolute atomic E-state index is 13.4. The van der Waals surface area contributed by atoms with Crippen molar-refractivity contribution in [2.75, 3.05) is 12.4 Å². The molecular weight excluding hydrogens is 461 g/mol. The smallest absolute Gasteiger partial charge is 0.355 e. The average molecular weight is 475 g/mol. The van der Waals surface area contributed by atoms with Gasteiger partial charge in [0, 0.05) is 30.9 Å². The summed E-state index contributed by atoms with van der Waals surface area (Å²) in [5, 5.41) is 9.08. The van der Waals surface area contributed by atoms with Crippen molar-refractivity contribution in [1.82, 2.24) is 25.1 Å². The second-order valence-corrected chi connectivity index (χ2v) is 7.14. The molecule has 0 atom stereocenters. The van der Waals surface area contributed by atoms with Crippen LogP contribution in [-0.2, 0) is 6.18 Å². The lowest BCUT2D eigenvalue weighted by atomic mass is 10.1. The van der Waals surface area contributed by atoms with Gasteiger partial charge in [0.15, 0.2) is 11.5 Å². The topological polar surface area (TPSA) is 102 Å². The Morgan fingerprint density at radius 1 is 1.03 bits per heavy atom. The van der Waals surface area contributed by atoms with Crippen molar-refractivity contribution in [3.8, 4) is 5.82 Å². The number of carbonyl (C=O) groups excluding carboxylic acids is 2. The summed E-state index contributed by atoms with van der Waals surface area (Å²) in [7, 11) is 1.41. The number of halogens is 4. The SMILES string of the molecule is CNC(=O)c1c(NC(=O)c2cc(C(F)(F)F)nn2-c2ncccc2Cl)ccc2cccnc12. The molecule has 0 bridgehead atoms. The lowest BCUT2D eigenvalue weighted by Gasteiger charge is -2.13. The number of carbonyl (C=O) groups is 2. The highest BCUT2D eigenvalue weighted by molar-refractivity contribution is 6.32. The van der Waals surface area contributed by atoms with E-state index in [-0.39, 0.29) is 22.1 Å². The van der Waals surface area contributed by atoms with Gasteiger partial charge in [-0.25, -0.2) is 9.67 Å². The molecule has 4 aromatic rings. The molecule has 0 aliphatic carbocycles. The molecule has 3 heterocycles. The van der Waals surface area contributed by atoms with Gasteiger partial charge in [-0.2, -0.15) is 18.3 Å². The maximum Gasteiger partial charge on any atom is 0.435 e. The highest BCUT2D eigenvalue weighted by Gasteiger charge is 2.36. The summed E-state index contributed by atoms with van der Waals surface area (Å²) in [6, 6.07) is 9.97. The van der Waals surface area contributed by atoms with E-state index in [2.05, 4.69) is 25.7 Å². The van der Waals surface area contributed by atoms with Crippen LogP contribution in [0, 0.1) is 0 Å². The van der Waals surface area contributed by atoms with Crippen molar-refractivity contribution in [1.29, 1.82) is 0 Å². The first-order valence-electron chi connectivity index (χ1n) is 9.40. The van der Waals surface area contributed by atoms with Gasteiger partial charge in [0.25, 0.3) is 11.8 Å². The van der Waals surface area contributed by atoms with Crippen molar-refractivity contribution >= 4 is 40.0 Å². The fourth-order valence-electron chi connectivity index (χ4n) is 3.17. The van der Waals surface area contributed by atoms with Crippen LogP contribution in [0.25, 0.3) is 16.7 Å². The van der Waals surface area contributed by atoms with Crippen LogP contribution < -0.4 is 10.6 Å². The Hall–Kier alpha value is -3.99. The number of anilines is 1. The largest absolute Gasteiger partial charge is 0.435 e. The number of aromatic nitrogens is 4. The monoisotopic (exact) mass is 474 g/mol. The van der Waals surface area contributed by atoms with E-state index >= 15 is 0 Å². The van der Waals surface area contributed by atoms with Crippen LogP contribution in [0.15, 0.2) is 54.9 Å². The second kappa shape index (κ2) is 8.51. The molecule has 0 saturated heterocycles. The fraction of sp³-hybridized carbons (Fsp3) is 0.0952. The summed E-state index contributed by atoms with van der Waals surface area (Å²) < 4.78 is 40.8. The Kier molecular flexibility index (Phi) is 5.73. The molecule has 0 saturated carbocycles. The minimum absolute atomic E-state index is 0.00988. The van der Waals surface area contributed by atoms with Crippen molar-refractivity contribution in [2.45, 2.75) is 6.18 Å². The molecule has 8 nitrogen and oxygen atoms in total. The zero-order valence-electron chi connectivity index (χ0n) is 16.8. The number of rotatable bonds is 4. The predicted molar refractivity (Wildman–Crippen MR) is 114 cm³/mol. The van der Waals surface area contributed by atoms with Crippen LogP contribution in [0.5, 0.6) is 0 Å². The number of nitrogens with zero attached hydrogens (tertiary/aromatic N) is 4. The highest BCUT2D eigenvalue weighted by Crippen LogP contribution is 2.31. The summed E-state index contributed by atoms with van der Waals surface area (Å²) in [5.41, 5.74) is -1.36. The molecule has 1 aromatic carbocycles. The lowest BCUT2D eigenvalue weighted by molar-refractivity contribution is -0.141. The standard InChI is InChI=1S/C21H14ClF3N6O2/c1-26-20(33)16-13(7-6-11-4-2-8-27-17(11)16)29-19(32)14-10-15(21(23,24)25)30-31(14)18-12(22)5-3-9-28-18/h2-10H,1H3,(H,26,33)(H,29,32). The molecular formula is C21H14ClF3N6O2. The van der Waals surface area contributed by atoms with E-state index in [0.29, 0.717) is 21.7 Å². The number of hydrogen-bond acceptors (Lipinski definition) is 5. The fourth-order valence-corrected chi connectivity index (χ4v) is 3.37. The molecule has 4 rings (SSSR count). The van der Waals surface area contributed by atoms with Gasteiger partial charge in [-0.1, -0.05) is 23.7 Å². The molecule has 0 aliphatic rings. The van der Waals surface area contributed by atoms with Gasteiger partial charge >= 0.3 is 6.18 Å². The van der Waals surface area contributed by atoms with Gasteiger partial charge in [0.2, 0.25) is 0 Å². The molecule has 33 heavy (non-hydrogen) atoms. The number of nitrogens with one attached hydrogen (secondary N) is 2. The average Bonchev–Trinajstić information content (AvgIpc) is 3.25. The van der Waals surface area contributed by atoms with E-state index in [1.807, 2.05) is 0 Å². The third-order valence-corrected chi connectivity index (χ3v) is 4.94. The van der Waals surface area contributed by atoms with Crippen LogP contribution in [0.4, 0.5) is 18.9 Å². The number of alkyl halides is 3. The van der Waals surface area contributed by atoms with Gasteiger partial charge in [0.05, 0.1) is 21.8 Å². The highest BCUT2D eigenvalue weighted by atomic mass is 35.5. The van der Waals surface area contributed by atoms with Crippen LogP contribution in [0.1, 0.15) is 26.5 Å². The van der Waals surface area contributed by atoms with E-state index in [9.17, 15) is 22.8 Å². The van der Waals surface area contributed by atoms with Crippen LogP contribution in [0.3, 0.4) is 0 Å². The zero-order valence-corrected chi connectivity index (χ0v) is 17.6. The second-order valence-electron chi connectivity index (χ2n) is 6.73. The minimum atomic E-state index is -4.82. The van der Waals surface area contributed by atoms with Crippen molar-refractivity contribution in [3.63, 3.8) is 0 Å². The Bertz CT molecular complexity index is 1390. The van der Waals surface area contributed by atoms with E-state index in [1.165, 1.54) is 37.6 Å². The van der Waals surface area contributed by atoms with Crippen molar-refractivity contribution in [2.24, 2.45) is 0 Å². The van der Waals surface area contributed by atoms with Crippen LogP contribution in [-0.4, -0.2) is 38.6 Å². The number of hydrogen-bond donors (Lipinski definition) is 2. The number of pyridine rings is 2. The summed E-state index contributed by atoms with van der Waals surface area (Å²) in [6.07, 6.45) is -2.04. The molecule has 0 aliphatic heterocycles. The van der Waals surface area contributed by atoms with E-state index < -0.39 is 29.4 Å². The molecule has 0 radical (unpaired) electrons. The Balaban J connectivity index is 1.83. The number of amides is 2. The molecule has 0 unspecified atom stereocenters. The van der Waals surface area contributed by atoms with Gasteiger partial charge in [-0.05, 0) is 24.3 Å². The van der Waals surface area contributed by atoms with Crippen LogP contribution >= 0.6 is 11.6 Å². The van der Waals surface area contributed by atoms with Crippen molar-refractivity contribution < 1.29 is 22.8 Å². The van der Waals surface area contributed by atoms with Gasteiger partial charge in [0.1, 0.15) is 5.69 Å². The summed E-state index contributed by atoms with van der Waals surface area (Å²) in [4.78, 5) is 33.8. The first-order valence-corrected chi connectivity index (χ1v) is 9.78. The third-order valence-electron chi connectivity index (χ3n) is 4.65. The molecule has 2 N–H and O–H groups in total. The Morgan fingerprint density at radius 3 is 2.45 bits per heavy atom. The quantitative estimate of drug-likeness (QED) is 0.463. The summed E-state index contributed by atoms with van der Waals surface area (Å²) in [5.74, 6) is -1.65. The minimum Gasteiger partial charge on any atom is -0.355 e. The molecule has 2 amide bonds. The predicted octanol–water partition coefficient (Wildman–Crippen LogP) is 4.10. The normalized spacial score (nSPS) is 11.4. The molecule has 0 fully saturated rings. The summed E-state index contributed by atoms with van der Waals surface area (Å²) >= 11 is 6.07. The van der Waals surface area contributed by atoms with Gasteiger partial charge in [-0.3, -0.25) is 14.6 Å². The van der Waals surface area contributed by atoms with E-state index in [1.54, 1.807) is 18.2 Å².